The number of aromatic nitrogens is 4. The van der Waals surface area contributed by atoms with Gasteiger partial charge >= 0.3 is 0 Å². The van der Waals surface area contributed by atoms with Gasteiger partial charge in [0.25, 0.3) is 0 Å². The molecule has 0 atom stereocenters. The van der Waals surface area contributed by atoms with Gasteiger partial charge in [0.05, 0.1) is 17.3 Å². The van der Waals surface area contributed by atoms with Crippen molar-refractivity contribution in [3.63, 3.8) is 0 Å². The predicted octanol–water partition coefficient (Wildman–Crippen LogP) is 3.44. The van der Waals surface area contributed by atoms with Crippen molar-refractivity contribution >= 4 is 11.8 Å². The fourth-order valence-electron chi connectivity index (χ4n) is 2.28. The Balaban J connectivity index is 1.88. The lowest BCUT2D eigenvalue weighted by Crippen LogP contribution is -2.02. The molecule has 2 aromatic carbocycles. The Bertz CT molecular complexity index is 879. The van der Waals surface area contributed by atoms with Crippen LogP contribution in [0, 0.1) is 25.2 Å². The molecular formula is C17H15N5S. The molecule has 23 heavy (non-hydrogen) atoms. The fourth-order valence-corrected chi connectivity index (χ4v) is 3.17. The van der Waals surface area contributed by atoms with Gasteiger partial charge in [0.1, 0.15) is 0 Å². The number of nitriles is 1. The number of hydrogen-bond acceptors (Lipinski definition) is 5. The van der Waals surface area contributed by atoms with Gasteiger partial charge in [0.15, 0.2) is 0 Å². The normalized spacial score (nSPS) is 10.5. The molecule has 5 nitrogen and oxygen atoms in total. The number of nitrogens with zero attached hydrogens (tertiary/aromatic N) is 5. The second-order valence-corrected chi connectivity index (χ2v) is 6.09. The second-order valence-electron chi connectivity index (χ2n) is 5.15. The van der Waals surface area contributed by atoms with E-state index in [1.54, 1.807) is 4.68 Å². The van der Waals surface area contributed by atoms with Crippen molar-refractivity contribution in [2.45, 2.75) is 24.8 Å². The summed E-state index contributed by atoms with van der Waals surface area (Å²) < 4.78 is 1.75. The quantitative estimate of drug-likeness (QED) is 0.689. The van der Waals surface area contributed by atoms with Gasteiger partial charge in [-0.3, -0.25) is 0 Å². The van der Waals surface area contributed by atoms with Gasteiger partial charge in [-0.1, -0.05) is 42.1 Å². The zero-order valence-corrected chi connectivity index (χ0v) is 13.7. The number of benzene rings is 2. The molecule has 3 aromatic rings. The SMILES string of the molecule is Cc1cccc(-n2nnnc2SCc2ccccc2C#N)c1C. The highest BCUT2D eigenvalue weighted by atomic mass is 32.2. The van der Waals surface area contributed by atoms with Crippen LogP contribution >= 0.6 is 11.8 Å². The Labute approximate surface area is 139 Å². The Morgan fingerprint density at radius 2 is 1.96 bits per heavy atom. The summed E-state index contributed by atoms with van der Waals surface area (Å²) >= 11 is 1.52. The second kappa shape index (κ2) is 6.63. The minimum atomic E-state index is 0.648. The number of tetrazole rings is 1. The van der Waals surface area contributed by atoms with E-state index in [1.165, 1.54) is 17.3 Å². The molecule has 0 fully saturated rings. The summed E-state index contributed by atoms with van der Waals surface area (Å²) in [5.41, 5.74) is 5.00. The highest BCUT2D eigenvalue weighted by Gasteiger charge is 2.13. The smallest absolute Gasteiger partial charge is 0.192 e. The molecule has 0 saturated carbocycles. The molecule has 0 spiro atoms. The average molecular weight is 321 g/mol. The van der Waals surface area contributed by atoms with Gasteiger partial charge < -0.3 is 0 Å². The van der Waals surface area contributed by atoms with Gasteiger partial charge in [-0.15, -0.1) is 5.10 Å². The van der Waals surface area contributed by atoms with Crippen LogP contribution in [0.1, 0.15) is 22.3 Å². The molecule has 0 aliphatic rings. The van der Waals surface area contributed by atoms with Crippen molar-refractivity contribution in [1.82, 2.24) is 20.2 Å². The van der Waals surface area contributed by atoms with Crippen molar-refractivity contribution in [2.24, 2.45) is 0 Å². The highest BCUT2D eigenvalue weighted by molar-refractivity contribution is 7.98. The average Bonchev–Trinajstić information content (AvgIpc) is 3.04. The molecule has 0 aliphatic heterocycles. The summed E-state index contributed by atoms with van der Waals surface area (Å²) in [6.07, 6.45) is 0. The summed E-state index contributed by atoms with van der Waals surface area (Å²) in [7, 11) is 0. The Morgan fingerprint density at radius 1 is 1.13 bits per heavy atom. The lowest BCUT2D eigenvalue weighted by molar-refractivity contribution is 0.751. The monoisotopic (exact) mass is 321 g/mol. The standard InChI is InChI=1S/C17H15N5S/c1-12-6-5-9-16(13(12)2)22-17(19-20-21-22)23-11-15-8-4-3-7-14(15)10-18/h3-9H,11H2,1-2H3. The molecule has 0 aliphatic carbocycles. The molecule has 1 aromatic heterocycles. The maximum absolute atomic E-state index is 9.17. The van der Waals surface area contributed by atoms with E-state index in [1.807, 2.05) is 36.4 Å². The van der Waals surface area contributed by atoms with Gasteiger partial charge in [0, 0.05) is 5.75 Å². The number of hydrogen-bond donors (Lipinski definition) is 0. The van der Waals surface area contributed by atoms with E-state index in [-0.39, 0.29) is 0 Å². The summed E-state index contributed by atoms with van der Waals surface area (Å²) in [6.45, 7) is 4.13. The van der Waals surface area contributed by atoms with Crippen LogP contribution in [0.2, 0.25) is 0 Å². The van der Waals surface area contributed by atoms with Crippen molar-refractivity contribution in [3.8, 4) is 11.8 Å². The lowest BCUT2D eigenvalue weighted by Gasteiger charge is -2.09. The highest BCUT2D eigenvalue weighted by Crippen LogP contribution is 2.25. The molecule has 0 radical (unpaired) electrons. The summed E-state index contributed by atoms with van der Waals surface area (Å²) in [5, 5.41) is 21.9. The Hall–Kier alpha value is -2.65. The first-order valence-electron chi connectivity index (χ1n) is 7.16. The van der Waals surface area contributed by atoms with E-state index in [4.69, 9.17) is 0 Å². The summed E-state index contributed by atoms with van der Waals surface area (Å²) in [5.74, 6) is 0.648. The maximum atomic E-state index is 9.17. The van der Waals surface area contributed by atoms with Gasteiger partial charge in [0.2, 0.25) is 5.16 Å². The number of aryl methyl sites for hydroxylation is 1. The third-order valence-corrected chi connectivity index (χ3v) is 4.71. The Kier molecular flexibility index (Phi) is 4.40. The van der Waals surface area contributed by atoms with E-state index in [0.29, 0.717) is 16.5 Å². The third kappa shape index (κ3) is 3.10. The molecule has 3 rings (SSSR count). The van der Waals surface area contributed by atoms with Crippen LogP contribution < -0.4 is 0 Å². The van der Waals surface area contributed by atoms with E-state index < -0.39 is 0 Å². The van der Waals surface area contributed by atoms with Crippen LogP contribution in [0.15, 0.2) is 47.6 Å². The molecule has 6 heteroatoms. The van der Waals surface area contributed by atoms with Gasteiger partial charge in [-0.25, -0.2) is 0 Å². The molecule has 114 valence electrons. The minimum Gasteiger partial charge on any atom is -0.192 e. The van der Waals surface area contributed by atoms with Crippen molar-refractivity contribution < 1.29 is 0 Å². The number of thioether (sulfide) groups is 1. The first-order valence-corrected chi connectivity index (χ1v) is 8.15. The largest absolute Gasteiger partial charge is 0.214 e. The third-order valence-electron chi connectivity index (χ3n) is 3.74. The fraction of sp³-hybridized carbons (Fsp3) is 0.176. The van der Waals surface area contributed by atoms with E-state index >= 15 is 0 Å². The van der Waals surface area contributed by atoms with Crippen LogP contribution in [0.3, 0.4) is 0 Å². The molecule has 1 heterocycles. The first kappa shape index (κ1) is 15.3. The van der Waals surface area contributed by atoms with Crippen LogP contribution in [0.4, 0.5) is 0 Å². The zero-order valence-electron chi connectivity index (χ0n) is 12.9. The summed E-state index contributed by atoms with van der Waals surface area (Å²) in [6, 6.07) is 15.9. The van der Waals surface area contributed by atoms with E-state index in [2.05, 4.69) is 41.5 Å². The van der Waals surface area contributed by atoms with Gasteiger partial charge in [-0.05, 0) is 53.1 Å². The molecule has 0 amide bonds. The molecule has 0 saturated heterocycles. The Morgan fingerprint density at radius 3 is 2.78 bits per heavy atom. The molecular weight excluding hydrogens is 306 g/mol. The maximum Gasteiger partial charge on any atom is 0.214 e. The molecule has 0 unspecified atom stereocenters. The topological polar surface area (TPSA) is 67.4 Å². The van der Waals surface area contributed by atoms with Crippen molar-refractivity contribution in [3.05, 3.63) is 64.7 Å². The summed E-state index contributed by atoms with van der Waals surface area (Å²) in [4.78, 5) is 0. The van der Waals surface area contributed by atoms with Crippen LogP contribution in [-0.4, -0.2) is 20.2 Å². The first-order chi connectivity index (χ1) is 11.2. The molecule has 0 N–H and O–H groups in total. The van der Waals surface area contributed by atoms with Crippen molar-refractivity contribution in [2.75, 3.05) is 0 Å². The van der Waals surface area contributed by atoms with Crippen LogP contribution in [0.5, 0.6) is 0 Å². The number of rotatable bonds is 4. The van der Waals surface area contributed by atoms with Gasteiger partial charge in [-0.2, -0.15) is 9.94 Å². The van der Waals surface area contributed by atoms with E-state index in [9.17, 15) is 5.26 Å². The predicted molar refractivity (Wildman–Crippen MR) is 89.3 cm³/mol. The lowest BCUT2D eigenvalue weighted by atomic mass is 10.1. The van der Waals surface area contributed by atoms with Crippen molar-refractivity contribution in [1.29, 1.82) is 5.26 Å². The zero-order chi connectivity index (χ0) is 16.2. The van der Waals surface area contributed by atoms with Crippen LogP contribution in [0.25, 0.3) is 5.69 Å². The molecule has 0 bridgehead atoms. The van der Waals surface area contributed by atoms with E-state index in [0.717, 1.165) is 16.8 Å². The minimum absolute atomic E-state index is 0.648. The van der Waals surface area contributed by atoms with Crippen LogP contribution in [-0.2, 0) is 5.75 Å².